The molecule has 6 nitrogen and oxygen atoms in total. The molecule has 2 N–H and O–H groups in total. The Kier molecular flexibility index (Phi) is 6.71. The first-order chi connectivity index (χ1) is 12.1. The molecule has 2 amide bonds. The van der Waals surface area contributed by atoms with Crippen molar-refractivity contribution in [1.82, 2.24) is 5.43 Å². The van der Waals surface area contributed by atoms with E-state index in [0.717, 1.165) is 5.69 Å². The molecule has 0 fully saturated rings. The van der Waals surface area contributed by atoms with E-state index < -0.39 is 0 Å². The molecule has 0 aliphatic rings. The highest BCUT2D eigenvalue weighted by atomic mass is 16.5. The van der Waals surface area contributed by atoms with Crippen LogP contribution in [-0.4, -0.2) is 24.1 Å². The van der Waals surface area contributed by atoms with Crippen molar-refractivity contribution in [2.45, 2.75) is 20.3 Å². The lowest BCUT2D eigenvalue weighted by molar-refractivity contribution is -0.115. The first kappa shape index (κ1) is 18.2. The summed E-state index contributed by atoms with van der Waals surface area (Å²) in [5.74, 6) is -0.0829. The number of hydrogen-bond acceptors (Lipinski definition) is 4. The summed E-state index contributed by atoms with van der Waals surface area (Å²) < 4.78 is 5.42. The van der Waals surface area contributed by atoms with Gasteiger partial charge >= 0.3 is 0 Å². The van der Waals surface area contributed by atoms with E-state index in [1.54, 1.807) is 43.3 Å². The van der Waals surface area contributed by atoms with Gasteiger partial charge in [0.25, 0.3) is 5.91 Å². The average molecular weight is 339 g/mol. The van der Waals surface area contributed by atoms with E-state index >= 15 is 0 Å². The van der Waals surface area contributed by atoms with Gasteiger partial charge in [-0.2, -0.15) is 5.10 Å². The standard InChI is InChI=1S/C19H21N3O3/c1-3-25-17-12-8-7-11-16(17)19(24)22-21-14(2)13-18(23)20-15-9-5-4-6-10-15/h4-12H,3,13H2,1-2H3,(H,20,23)(H,22,24)/b21-14+. The van der Waals surface area contributed by atoms with Crippen LogP contribution in [0.1, 0.15) is 30.6 Å². The third kappa shape index (κ3) is 5.76. The number of hydrazone groups is 1. The number of para-hydroxylation sites is 2. The van der Waals surface area contributed by atoms with E-state index in [-0.39, 0.29) is 18.2 Å². The molecular formula is C19H21N3O3. The van der Waals surface area contributed by atoms with Crippen LogP contribution in [-0.2, 0) is 4.79 Å². The third-order valence-electron chi connectivity index (χ3n) is 3.25. The number of carbonyl (C=O) groups excluding carboxylic acids is 2. The molecule has 2 aromatic carbocycles. The van der Waals surface area contributed by atoms with Crippen LogP contribution in [0.25, 0.3) is 0 Å². The van der Waals surface area contributed by atoms with Gasteiger partial charge in [-0.05, 0) is 38.1 Å². The lowest BCUT2D eigenvalue weighted by atomic mass is 10.2. The van der Waals surface area contributed by atoms with E-state index in [2.05, 4.69) is 15.8 Å². The second-order valence-corrected chi connectivity index (χ2v) is 5.31. The number of hydrogen-bond donors (Lipinski definition) is 2. The van der Waals surface area contributed by atoms with Gasteiger partial charge in [-0.25, -0.2) is 5.43 Å². The highest BCUT2D eigenvalue weighted by Crippen LogP contribution is 2.17. The van der Waals surface area contributed by atoms with Gasteiger partial charge in [0.05, 0.1) is 18.6 Å². The van der Waals surface area contributed by atoms with Crippen LogP contribution in [0.15, 0.2) is 59.7 Å². The first-order valence-corrected chi connectivity index (χ1v) is 8.00. The maximum Gasteiger partial charge on any atom is 0.275 e. The molecule has 2 rings (SSSR count). The van der Waals surface area contributed by atoms with Crippen molar-refractivity contribution in [3.05, 3.63) is 60.2 Å². The summed E-state index contributed by atoms with van der Waals surface area (Å²) >= 11 is 0. The largest absolute Gasteiger partial charge is 0.493 e. The topological polar surface area (TPSA) is 79.8 Å². The van der Waals surface area contributed by atoms with Crippen molar-refractivity contribution in [2.75, 3.05) is 11.9 Å². The molecule has 0 atom stereocenters. The van der Waals surface area contributed by atoms with Crippen LogP contribution >= 0.6 is 0 Å². The van der Waals surface area contributed by atoms with Gasteiger partial charge in [-0.15, -0.1) is 0 Å². The fourth-order valence-corrected chi connectivity index (χ4v) is 2.14. The average Bonchev–Trinajstić information content (AvgIpc) is 2.61. The molecule has 0 aliphatic carbocycles. The fourth-order valence-electron chi connectivity index (χ4n) is 2.14. The molecular weight excluding hydrogens is 318 g/mol. The lowest BCUT2D eigenvalue weighted by Crippen LogP contribution is -2.22. The zero-order chi connectivity index (χ0) is 18.1. The number of anilines is 1. The van der Waals surface area contributed by atoms with Crippen LogP contribution in [0.3, 0.4) is 0 Å². The van der Waals surface area contributed by atoms with E-state index in [4.69, 9.17) is 4.74 Å². The van der Waals surface area contributed by atoms with Crippen LogP contribution in [0.2, 0.25) is 0 Å². The quantitative estimate of drug-likeness (QED) is 0.600. The zero-order valence-corrected chi connectivity index (χ0v) is 14.3. The highest BCUT2D eigenvalue weighted by Gasteiger charge is 2.11. The summed E-state index contributed by atoms with van der Waals surface area (Å²) in [6.07, 6.45) is 0.0856. The van der Waals surface area contributed by atoms with Crippen molar-refractivity contribution >= 4 is 23.2 Å². The number of benzene rings is 2. The summed E-state index contributed by atoms with van der Waals surface area (Å²) in [5.41, 5.74) is 4.07. The van der Waals surface area contributed by atoms with Crippen molar-refractivity contribution in [3.63, 3.8) is 0 Å². The molecule has 0 bridgehead atoms. The molecule has 0 unspecified atom stereocenters. The Labute approximate surface area is 146 Å². The van der Waals surface area contributed by atoms with E-state index in [9.17, 15) is 9.59 Å². The molecule has 0 saturated heterocycles. The highest BCUT2D eigenvalue weighted by molar-refractivity contribution is 6.06. The maximum absolute atomic E-state index is 12.2. The van der Waals surface area contributed by atoms with E-state index in [0.29, 0.717) is 23.6 Å². The minimum atomic E-state index is -0.383. The first-order valence-electron chi connectivity index (χ1n) is 8.00. The summed E-state index contributed by atoms with van der Waals surface area (Å²) in [6, 6.07) is 16.1. The van der Waals surface area contributed by atoms with Crippen molar-refractivity contribution in [3.8, 4) is 5.75 Å². The lowest BCUT2D eigenvalue weighted by Gasteiger charge is -2.09. The Bertz CT molecular complexity index is 758. The van der Waals surface area contributed by atoms with Crippen molar-refractivity contribution in [2.24, 2.45) is 5.10 Å². The normalized spacial score (nSPS) is 10.9. The molecule has 0 spiro atoms. The Hall–Kier alpha value is -3.15. The molecule has 6 heteroatoms. The van der Waals surface area contributed by atoms with Crippen LogP contribution < -0.4 is 15.5 Å². The van der Waals surface area contributed by atoms with Gasteiger partial charge in [0.2, 0.25) is 5.91 Å². The second kappa shape index (κ2) is 9.22. The third-order valence-corrected chi connectivity index (χ3v) is 3.25. The van der Waals surface area contributed by atoms with Crippen LogP contribution in [0, 0.1) is 0 Å². The number of nitrogens with one attached hydrogen (secondary N) is 2. The van der Waals surface area contributed by atoms with Gasteiger partial charge in [0.15, 0.2) is 0 Å². The monoisotopic (exact) mass is 339 g/mol. The maximum atomic E-state index is 12.2. The Balaban J connectivity index is 1.92. The molecule has 0 heterocycles. The van der Waals surface area contributed by atoms with E-state index in [1.807, 2.05) is 25.1 Å². The number of rotatable bonds is 7. The van der Waals surface area contributed by atoms with Crippen LogP contribution in [0.4, 0.5) is 5.69 Å². The van der Waals surface area contributed by atoms with Gasteiger partial charge in [0, 0.05) is 11.4 Å². The van der Waals surface area contributed by atoms with Crippen molar-refractivity contribution < 1.29 is 14.3 Å². The Morgan fingerprint density at radius 3 is 2.44 bits per heavy atom. The summed E-state index contributed by atoms with van der Waals surface area (Å²) in [6.45, 7) is 3.99. The summed E-state index contributed by atoms with van der Waals surface area (Å²) in [4.78, 5) is 24.2. The molecule has 0 saturated carbocycles. The second-order valence-electron chi connectivity index (χ2n) is 5.31. The Morgan fingerprint density at radius 2 is 1.72 bits per heavy atom. The summed E-state index contributed by atoms with van der Waals surface area (Å²) in [7, 11) is 0. The number of carbonyl (C=O) groups is 2. The fraction of sp³-hybridized carbons (Fsp3) is 0.211. The van der Waals surface area contributed by atoms with Crippen molar-refractivity contribution in [1.29, 1.82) is 0 Å². The minimum Gasteiger partial charge on any atom is -0.493 e. The van der Waals surface area contributed by atoms with Crippen LogP contribution in [0.5, 0.6) is 5.75 Å². The van der Waals surface area contributed by atoms with Gasteiger partial charge in [-0.1, -0.05) is 30.3 Å². The molecule has 130 valence electrons. The number of ether oxygens (including phenoxy) is 1. The smallest absolute Gasteiger partial charge is 0.275 e. The molecule has 2 aromatic rings. The van der Waals surface area contributed by atoms with Gasteiger partial charge in [0.1, 0.15) is 5.75 Å². The van der Waals surface area contributed by atoms with E-state index in [1.165, 1.54) is 0 Å². The zero-order valence-electron chi connectivity index (χ0n) is 14.3. The summed E-state index contributed by atoms with van der Waals surface area (Å²) in [5, 5.41) is 6.75. The van der Waals surface area contributed by atoms with Gasteiger partial charge < -0.3 is 10.1 Å². The van der Waals surface area contributed by atoms with Gasteiger partial charge in [-0.3, -0.25) is 9.59 Å². The predicted molar refractivity (Wildman–Crippen MR) is 97.9 cm³/mol. The molecule has 0 aliphatic heterocycles. The predicted octanol–water partition coefficient (Wildman–Crippen LogP) is 3.22. The number of amides is 2. The molecule has 0 aromatic heterocycles. The minimum absolute atomic E-state index is 0.0856. The number of nitrogens with zero attached hydrogens (tertiary/aromatic N) is 1. The SMILES string of the molecule is CCOc1ccccc1C(=O)N/N=C(\C)CC(=O)Nc1ccccc1. The molecule has 25 heavy (non-hydrogen) atoms. The Morgan fingerprint density at radius 1 is 1.04 bits per heavy atom. The molecule has 0 radical (unpaired) electrons.